The minimum atomic E-state index is 0.0890. The second kappa shape index (κ2) is 4.90. The molecule has 0 aliphatic heterocycles. The first-order chi connectivity index (χ1) is 9.35. The second-order valence-corrected chi connectivity index (χ2v) is 4.48. The van der Waals surface area contributed by atoms with Gasteiger partial charge in [0.15, 0.2) is 0 Å². The summed E-state index contributed by atoms with van der Waals surface area (Å²) in [7, 11) is 1.96. The van der Waals surface area contributed by atoms with E-state index in [1.54, 1.807) is 0 Å². The number of para-hydroxylation sites is 1. The number of benzene rings is 1. The van der Waals surface area contributed by atoms with Gasteiger partial charge < -0.3 is 9.73 Å². The van der Waals surface area contributed by atoms with Crippen LogP contribution in [0.25, 0.3) is 11.0 Å². The molecule has 0 saturated heterocycles. The number of fused-ring (bicyclic) bond motifs is 1. The lowest BCUT2D eigenvalue weighted by Crippen LogP contribution is -2.21. The number of nitrogens with zero attached hydrogens (tertiary/aromatic N) is 2. The third kappa shape index (κ3) is 1.94. The highest BCUT2D eigenvalue weighted by atomic mass is 16.3. The molecule has 3 rings (SSSR count). The van der Waals surface area contributed by atoms with Crippen LogP contribution in [0.1, 0.15) is 24.2 Å². The van der Waals surface area contributed by atoms with Gasteiger partial charge in [0.2, 0.25) is 0 Å². The lowest BCUT2D eigenvalue weighted by molar-refractivity contribution is 0.552. The van der Waals surface area contributed by atoms with E-state index in [-0.39, 0.29) is 6.04 Å². The van der Waals surface area contributed by atoms with Crippen LogP contribution in [0.2, 0.25) is 0 Å². The summed E-state index contributed by atoms with van der Waals surface area (Å²) >= 11 is 0. The lowest BCUT2D eigenvalue weighted by Gasteiger charge is -2.16. The topological polar surface area (TPSA) is 43.0 Å². The molecule has 2 heterocycles. The highest BCUT2D eigenvalue weighted by Crippen LogP contribution is 2.30. The molecule has 98 valence electrons. The molecule has 19 heavy (non-hydrogen) atoms. The number of furan rings is 1. The van der Waals surface area contributed by atoms with Crippen LogP contribution in [0.15, 0.2) is 47.2 Å². The summed E-state index contributed by atoms with van der Waals surface area (Å²) in [5.41, 5.74) is 3.21. The fraction of sp³-hybridized carbons (Fsp3) is 0.267. The first-order valence-electron chi connectivity index (χ1n) is 6.50. The van der Waals surface area contributed by atoms with Gasteiger partial charge in [-0.25, -0.2) is 0 Å². The van der Waals surface area contributed by atoms with Crippen molar-refractivity contribution in [3.05, 3.63) is 54.0 Å². The molecular weight excluding hydrogens is 238 g/mol. The standard InChI is InChI=1S/C15H17N3O/c1-3-18-13(8-9-17-18)15(16-2)12-10-19-14-7-5-4-6-11(12)14/h4-10,15-16H,3H2,1-2H3. The zero-order valence-electron chi connectivity index (χ0n) is 11.1. The molecule has 1 atom stereocenters. The lowest BCUT2D eigenvalue weighted by atomic mass is 10.0. The fourth-order valence-corrected chi connectivity index (χ4v) is 2.54. The van der Waals surface area contributed by atoms with E-state index in [1.165, 1.54) is 0 Å². The molecule has 0 spiro atoms. The van der Waals surface area contributed by atoms with Crippen LogP contribution in [0, 0.1) is 0 Å². The highest BCUT2D eigenvalue weighted by molar-refractivity contribution is 5.81. The maximum Gasteiger partial charge on any atom is 0.134 e. The van der Waals surface area contributed by atoms with E-state index in [9.17, 15) is 0 Å². The van der Waals surface area contributed by atoms with Crippen LogP contribution < -0.4 is 5.32 Å². The Hall–Kier alpha value is -2.07. The third-order valence-corrected chi connectivity index (χ3v) is 3.46. The maximum atomic E-state index is 5.63. The smallest absolute Gasteiger partial charge is 0.134 e. The van der Waals surface area contributed by atoms with E-state index in [4.69, 9.17) is 4.42 Å². The average Bonchev–Trinajstić information content (AvgIpc) is 3.07. The predicted molar refractivity (Wildman–Crippen MR) is 75.0 cm³/mol. The Kier molecular flexibility index (Phi) is 3.09. The van der Waals surface area contributed by atoms with Crippen molar-refractivity contribution in [1.82, 2.24) is 15.1 Å². The van der Waals surface area contributed by atoms with Gasteiger partial charge in [0, 0.05) is 23.7 Å². The van der Waals surface area contributed by atoms with E-state index in [0.29, 0.717) is 0 Å². The van der Waals surface area contributed by atoms with Crippen molar-refractivity contribution in [2.24, 2.45) is 0 Å². The van der Waals surface area contributed by atoms with Gasteiger partial charge in [-0.15, -0.1) is 0 Å². The quantitative estimate of drug-likeness (QED) is 0.779. The Balaban J connectivity index is 2.12. The van der Waals surface area contributed by atoms with Crippen molar-refractivity contribution in [3.8, 4) is 0 Å². The molecule has 4 heteroatoms. The van der Waals surface area contributed by atoms with Crippen molar-refractivity contribution in [2.45, 2.75) is 19.5 Å². The van der Waals surface area contributed by atoms with Crippen molar-refractivity contribution in [1.29, 1.82) is 0 Å². The molecule has 0 amide bonds. The summed E-state index contributed by atoms with van der Waals surface area (Å²) in [5, 5.41) is 8.84. The van der Waals surface area contributed by atoms with Crippen LogP contribution in [-0.4, -0.2) is 16.8 Å². The fourth-order valence-electron chi connectivity index (χ4n) is 2.54. The van der Waals surface area contributed by atoms with Gasteiger partial charge in [-0.2, -0.15) is 5.10 Å². The minimum absolute atomic E-state index is 0.0890. The molecule has 3 aromatic rings. The minimum Gasteiger partial charge on any atom is -0.464 e. The van der Waals surface area contributed by atoms with Gasteiger partial charge >= 0.3 is 0 Å². The Morgan fingerprint density at radius 3 is 2.95 bits per heavy atom. The zero-order valence-corrected chi connectivity index (χ0v) is 11.1. The summed E-state index contributed by atoms with van der Waals surface area (Å²) in [6.07, 6.45) is 3.67. The third-order valence-electron chi connectivity index (χ3n) is 3.46. The summed E-state index contributed by atoms with van der Waals surface area (Å²) in [6.45, 7) is 2.95. The van der Waals surface area contributed by atoms with Crippen LogP contribution in [0.5, 0.6) is 0 Å². The van der Waals surface area contributed by atoms with Crippen molar-refractivity contribution >= 4 is 11.0 Å². The number of hydrogen-bond acceptors (Lipinski definition) is 3. The van der Waals surface area contributed by atoms with Gasteiger partial charge in [-0.1, -0.05) is 18.2 Å². The van der Waals surface area contributed by atoms with Crippen molar-refractivity contribution < 1.29 is 4.42 Å². The van der Waals surface area contributed by atoms with Gasteiger partial charge in [0.05, 0.1) is 18.0 Å². The highest BCUT2D eigenvalue weighted by Gasteiger charge is 2.20. The molecule has 1 N–H and O–H groups in total. The summed E-state index contributed by atoms with van der Waals surface area (Å²) in [6, 6.07) is 10.2. The second-order valence-electron chi connectivity index (χ2n) is 4.48. The molecule has 0 radical (unpaired) electrons. The number of rotatable bonds is 4. The molecule has 0 bridgehead atoms. The number of nitrogens with one attached hydrogen (secondary N) is 1. The molecule has 1 unspecified atom stereocenters. The first-order valence-corrected chi connectivity index (χ1v) is 6.50. The Morgan fingerprint density at radius 1 is 1.32 bits per heavy atom. The Morgan fingerprint density at radius 2 is 2.16 bits per heavy atom. The Bertz CT molecular complexity index is 683. The van der Waals surface area contributed by atoms with Gasteiger partial charge in [-0.3, -0.25) is 4.68 Å². The molecule has 0 aliphatic carbocycles. The van der Waals surface area contributed by atoms with Gasteiger partial charge in [-0.05, 0) is 26.1 Å². The van der Waals surface area contributed by atoms with E-state index in [1.807, 2.05) is 48.5 Å². The van der Waals surface area contributed by atoms with Crippen LogP contribution in [0.4, 0.5) is 0 Å². The van der Waals surface area contributed by atoms with Crippen LogP contribution in [0.3, 0.4) is 0 Å². The summed E-state index contributed by atoms with van der Waals surface area (Å²) in [5.74, 6) is 0. The van der Waals surface area contributed by atoms with Crippen molar-refractivity contribution in [3.63, 3.8) is 0 Å². The molecular formula is C15H17N3O. The molecule has 4 nitrogen and oxygen atoms in total. The first kappa shape index (κ1) is 12.0. The molecule has 0 saturated carbocycles. The summed E-state index contributed by atoms with van der Waals surface area (Å²) in [4.78, 5) is 0. The van der Waals surface area contributed by atoms with E-state index < -0.39 is 0 Å². The SMILES string of the molecule is CCn1nccc1C(NC)c1coc2ccccc12. The normalized spacial score (nSPS) is 12.9. The largest absolute Gasteiger partial charge is 0.464 e. The summed E-state index contributed by atoms with van der Waals surface area (Å²) < 4.78 is 7.64. The molecule has 0 aliphatic rings. The van der Waals surface area contributed by atoms with E-state index >= 15 is 0 Å². The zero-order chi connectivity index (χ0) is 13.2. The average molecular weight is 255 g/mol. The molecule has 2 aromatic heterocycles. The number of hydrogen-bond donors (Lipinski definition) is 1. The Labute approximate surface area is 112 Å². The van der Waals surface area contributed by atoms with Gasteiger partial charge in [0.25, 0.3) is 0 Å². The predicted octanol–water partition coefficient (Wildman–Crippen LogP) is 2.96. The monoisotopic (exact) mass is 255 g/mol. The number of aryl methyl sites for hydroxylation is 1. The van der Waals surface area contributed by atoms with Crippen molar-refractivity contribution in [2.75, 3.05) is 7.05 Å². The maximum absolute atomic E-state index is 5.63. The number of aromatic nitrogens is 2. The van der Waals surface area contributed by atoms with E-state index in [2.05, 4.69) is 23.4 Å². The van der Waals surface area contributed by atoms with Crippen LogP contribution >= 0.6 is 0 Å². The molecule has 0 fully saturated rings. The van der Waals surface area contributed by atoms with Crippen LogP contribution in [-0.2, 0) is 6.54 Å². The van der Waals surface area contributed by atoms with Gasteiger partial charge in [0.1, 0.15) is 5.58 Å². The molecule has 1 aromatic carbocycles. The van der Waals surface area contributed by atoms with E-state index in [0.717, 1.165) is 28.8 Å².